The lowest BCUT2D eigenvalue weighted by atomic mass is 9.99. The number of carbonyl (C=O) groups is 1. The minimum Gasteiger partial charge on any atom is -0.457 e. The van der Waals surface area contributed by atoms with Gasteiger partial charge in [0.15, 0.2) is 4.67 Å². The Hall–Kier alpha value is -0.810. The molecule has 1 aromatic heterocycles. The molecule has 1 unspecified atom stereocenters. The van der Waals surface area contributed by atoms with Crippen molar-refractivity contribution < 1.29 is 14.3 Å². The molecule has 1 N–H and O–H groups in total. The third kappa shape index (κ3) is 2.72. The van der Waals surface area contributed by atoms with Crippen LogP contribution in [0.4, 0.5) is 0 Å². The zero-order chi connectivity index (χ0) is 12.3. The van der Waals surface area contributed by atoms with Crippen molar-refractivity contribution in [3.05, 3.63) is 22.6 Å². The Morgan fingerprint density at radius 3 is 3.06 bits per heavy atom. The molecule has 1 atom stereocenters. The van der Waals surface area contributed by atoms with Crippen LogP contribution in [0.5, 0.6) is 0 Å². The number of halogens is 1. The fourth-order valence-corrected chi connectivity index (χ4v) is 2.73. The third-order valence-electron chi connectivity index (χ3n) is 3.20. The van der Waals surface area contributed by atoms with Gasteiger partial charge in [0.1, 0.15) is 0 Å². The van der Waals surface area contributed by atoms with Gasteiger partial charge in [0, 0.05) is 19.2 Å². The van der Waals surface area contributed by atoms with Crippen LogP contribution in [0.3, 0.4) is 0 Å². The number of aliphatic hydroxyl groups excluding tert-OH is 1. The molecule has 2 rings (SSSR count). The van der Waals surface area contributed by atoms with Crippen molar-refractivity contribution >= 4 is 21.8 Å². The zero-order valence-corrected chi connectivity index (χ0v) is 11.1. The average Bonchev–Trinajstić information content (AvgIpc) is 2.76. The lowest BCUT2D eigenvalue weighted by molar-refractivity contribution is 0.0572. The van der Waals surface area contributed by atoms with E-state index in [2.05, 4.69) is 15.9 Å². The van der Waals surface area contributed by atoms with E-state index in [1.54, 1.807) is 6.07 Å². The summed E-state index contributed by atoms with van der Waals surface area (Å²) in [5.41, 5.74) is 0.565. The largest absolute Gasteiger partial charge is 0.457 e. The van der Waals surface area contributed by atoms with Crippen LogP contribution in [0.15, 0.2) is 21.4 Å². The molecular weight excluding hydrogens is 286 g/mol. The van der Waals surface area contributed by atoms with E-state index in [4.69, 9.17) is 9.52 Å². The number of furan rings is 1. The molecule has 2 heterocycles. The second-order valence-corrected chi connectivity index (χ2v) is 4.99. The van der Waals surface area contributed by atoms with Crippen molar-refractivity contribution in [2.45, 2.75) is 31.7 Å². The van der Waals surface area contributed by atoms with E-state index in [9.17, 15) is 4.79 Å². The number of hydrogen-bond acceptors (Lipinski definition) is 3. The van der Waals surface area contributed by atoms with Crippen LogP contribution in [-0.4, -0.2) is 35.1 Å². The number of amides is 1. The molecule has 1 saturated heterocycles. The molecule has 0 bridgehead atoms. The number of piperidine rings is 1. The second-order valence-electron chi connectivity index (χ2n) is 4.27. The van der Waals surface area contributed by atoms with Crippen LogP contribution in [0.25, 0.3) is 0 Å². The van der Waals surface area contributed by atoms with Gasteiger partial charge in [-0.15, -0.1) is 0 Å². The maximum Gasteiger partial charge on any atom is 0.258 e. The van der Waals surface area contributed by atoms with E-state index in [1.165, 1.54) is 6.26 Å². The predicted molar refractivity (Wildman–Crippen MR) is 66.8 cm³/mol. The molecule has 0 aromatic carbocycles. The van der Waals surface area contributed by atoms with Crippen molar-refractivity contribution in [1.82, 2.24) is 4.90 Å². The first-order valence-corrected chi connectivity index (χ1v) is 6.68. The fraction of sp³-hybridized carbons (Fsp3) is 0.583. The number of likely N-dealkylation sites (tertiary alicyclic amines) is 1. The highest BCUT2D eigenvalue weighted by Crippen LogP contribution is 2.25. The van der Waals surface area contributed by atoms with Gasteiger partial charge in [-0.25, -0.2) is 0 Å². The average molecular weight is 302 g/mol. The summed E-state index contributed by atoms with van der Waals surface area (Å²) in [4.78, 5) is 14.2. The summed E-state index contributed by atoms with van der Waals surface area (Å²) in [6.45, 7) is 0.891. The van der Waals surface area contributed by atoms with Crippen molar-refractivity contribution in [2.75, 3.05) is 13.2 Å². The molecule has 5 heteroatoms. The molecule has 0 saturated carbocycles. The summed E-state index contributed by atoms with van der Waals surface area (Å²) in [7, 11) is 0. The number of rotatable bonds is 3. The molecule has 0 spiro atoms. The molecule has 0 aliphatic carbocycles. The summed E-state index contributed by atoms with van der Waals surface area (Å²) < 4.78 is 5.57. The number of aliphatic hydroxyl groups is 1. The lowest BCUT2D eigenvalue weighted by Crippen LogP contribution is -2.44. The number of hydrogen-bond donors (Lipinski definition) is 1. The summed E-state index contributed by atoms with van der Waals surface area (Å²) in [5.74, 6) is -0.0104. The third-order valence-corrected chi connectivity index (χ3v) is 3.81. The van der Waals surface area contributed by atoms with Crippen LogP contribution < -0.4 is 0 Å². The van der Waals surface area contributed by atoms with Gasteiger partial charge in [0.05, 0.1) is 11.8 Å². The molecule has 1 amide bonds. The predicted octanol–water partition coefficient (Wildman–Crippen LogP) is 2.42. The highest BCUT2D eigenvalue weighted by Gasteiger charge is 2.28. The molecule has 4 nitrogen and oxygen atoms in total. The van der Waals surface area contributed by atoms with Crippen LogP contribution in [-0.2, 0) is 0 Å². The molecule has 1 aliphatic heterocycles. The molecule has 0 radical (unpaired) electrons. The Labute approximate surface area is 109 Å². The van der Waals surface area contributed by atoms with Gasteiger partial charge in [0.25, 0.3) is 5.91 Å². The first kappa shape index (κ1) is 12.6. The number of carbonyl (C=O) groups excluding carboxylic acids is 1. The molecular formula is C12H16BrNO3. The Morgan fingerprint density at radius 1 is 1.59 bits per heavy atom. The Balaban J connectivity index is 2.14. The summed E-state index contributed by atoms with van der Waals surface area (Å²) >= 11 is 3.23. The quantitative estimate of drug-likeness (QED) is 0.933. The monoisotopic (exact) mass is 301 g/mol. The van der Waals surface area contributed by atoms with E-state index in [0.717, 1.165) is 25.8 Å². The zero-order valence-electron chi connectivity index (χ0n) is 9.56. The SMILES string of the molecule is O=C(c1ccoc1Br)N1CCCCC1CCO. The van der Waals surface area contributed by atoms with Crippen LogP contribution >= 0.6 is 15.9 Å². The van der Waals surface area contributed by atoms with Gasteiger partial charge in [0.2, 0.25) is 0 Å². The van der Waals surface area contributed by atoms with Crippen LogP contribution in [0.2, 0.25) is 0 Å². The van der Waals surface area contributed by atoms with Gasteiger partial charge < -0.3 is 14.4 Å². The van der Waals surface area contributed by atoms with Gasteiger partial charge in [-0.1, -0.05) is 0 Å². The maximum atomic E-state index is 12.3. The minimum atomic E-state index is -0.0104. The molecule has 94 valence electrons. The van der Waals surface area contributed by atoms with Gasteiger partial charge in [-0.2, -0.15) is 0 Å². The van der Waals surface area contributed by atoms with Crippen molar-refractivity contribution in [3.8, 4) is 0 Å². The Morgan fingerprint density at radius 2 is 2.41 bits per heavy atom. The minimum absolute atomic E-state index is 0.0104. The molecule has 1 aromatic rings. The van der Waals surface area contributed by atoms with E-state index in [0.29, 0.717) is 16.7 Å². The summed E-state index contributed by atoms with van der Waals surface area (Å²) in [6, 6.07) is 1.83. The highest BCUT2D eigenvalue weighted by molar-refractivity contribution is 9.10. The molecule has 17 heavy (non-hydrogen) atoms. The standard InChI is InChI=1S/C12H16BrNO3/c13-11-10(5-8-17-11)12(16)14-6-2-1-3-9(14)4-7-15/h5,8-9,15H,1-4,6-7H2. The van der Waals surface area contributed by atoms with Gasteiger partial charge in [-0.05, 0) is 47.7 Å². The molecule has 1 aliphatic rings. The Kier molecular flexibility index (Phi) is 4.23. The fourth-order valence-electron chi connectivity index (χ4n) is 2.32. The van der Waals surface area contributed by atoms with Crippen molar-refractivity contribution in [1.29, 1.82) is 0 Å². The van der Waals surface area contributed by atoms with Crippen molar-refractivity contribution in [2.24, 2.45) is 0 Å². The second kappa shape index (κ2) is 5.69. The smallest absolute Gasteiger partial charge is 0.258 e. The normalized spacial score (nSPS) is 20.6. The van der Waals surface area contributed by atoms with Gasteiger partial charge >= 0.3 is 0 Å². The maximum absolute atomic E-state index is 12.3. The van der Waals surface area contributed by atoms with E-state index >= 15 is 0 Å². The Bertz CT molecular complexity index is 389. The molecule has 1 fully saturated rings. The van der Waals surface area contributed by atoms with E-state index in [-0.39, 0.29) is 18.6 Å². The summed E-state index contributed by atoms with van der Waals surface area (Å²) in [6.07, 6.45) is 5.29. The first-order valence-electron chi connectivity index (χ1n) is 5.89. The van der Waals surface area contributed by atoms with Crippen LogP contribution in [0.1, 0.15) is 36.0 Å². The van der Waals surface area contributed by atoms with Crippen molar-refractivity contribution in [3.63, 3.8) is 0 Å². The lowest BCUT2D eigenvalue weighted by Gasteiger charge is -2.35. The van der Waals surface area contributed by atoms with E-state index in [1.807, 2.05) is 4.90 Å². The first-order chi connectivity index (χ1) is 8.24. The summed E-state index contributed by atoms with van der Waals surface area (Å²) in [5, 5.41) is 9.04. The number of nitrogens with zero attached hydrogens (tertiary/aromatic N) is 1. The topological polar surface area (TPSA) is 53.7 Å². The van der Waals surface area contributed by atoms with Gasteiger partial charge in [-0.3, -0.25) is 4.79 Å². The van der Waals surface area contributed by atoms with E-state index < -0.39 is 0 Å². The highest BCUT2D eigenvalue weighted by atomic mass is 79.9. The van der Waals surface area contributed by atoms with Crippen LogP contribution in [0, 0.1) is 0 Å².